The van der Waals surface area contributed by atoms with Crippen molar-refractivity contribution in [3.8, 4) is 5.75 Å². The summed E-state index contributed by atoms with van der Waals surface area (Å²) in [7, 11) is 0. The lowest BCUT2D eigenvalue weighted by Crippen LogP contribution is -2.31. The van der Waals surface area contributed by atoms with Gasteiger partial charge in [0.2, 0.25) is 0 Å². The third-order valence-electron chi connectivity index (χ3n) is 2.05. The Morgan fingerprint density at radius 2 is 2.11 bits per heavy atom. The largest absolute Gasteiger partial charge is 0.508 e. The lowest BCUT2D eigenvalue weighted by Gasteiger charge is -2.19. The van der Waals surface area contributed by atoms with Crippen LogP contribution in [0.4, 0.5) is 0 Å². The van der Waals surface area contributed by atoms with Crippen molar-refractivity contribution in [1.29, 1.82) is 0 Å². The van der Waals surface area contributed by atoms with Crippen LogP contribution in [0.3, 0.4) is 0 Å². The minimum Gasteiger partial charge on any atom is -0.508 e. The number of hydrogen-bond acceptors (Lipinski definition) is 4. The molecule has 0 heterocycles. The highest BCUT2D eigenvalue weighted by Crippen LogP contribution is 2.21. The Bertz CT molecular complexity index is 427. The number of carbonyl (C=O) groups excluding carboxylic acids is 1. The molecular formula is C13H18BrNO3. The van der Waals surface area contributed by atoms with Crippen molar-refractivity contribution in [2.24, 2.45) is 0 Å². The van der Waals surface area contributed by atoms with E-state index in [9.17, 15) is 9.90 Å². The highest BCUT2D eigenvalue weighted by atomic mass is 79.9. The van der Waals surface area contributed by atoms with E-state index in [1.165, 1.54) is 0 Å². The van der Waals surface area contributed by atoms with Gasteiger partial charge in [-0.25, -0.2) is 0 Å². The SMILES string of the molecule is CC(C)(C)OC(=O)CNCc1cc(Br)ccc1O. The number of phenolic OH excluding ortho intramolecular Hbond substituents is 1. The Kier molecular flexibility index (Phi) is 5.16. The van der Waals surface area contributed by atoms with Gasteiger partial charge in [-0.2, -0.15) is 0 Å². The van der Waals surface area contributed by atoms with Gasteiger partial charge >= 0.3 is 5.97 Å². The molecule has 0 bridgehead atoms. The number of ether oxygens (including phenoxy) is 1. The summed E-state index contributed by atoms with van der Waals surface area (Å²) in [6.45, 7) is 5.99. The van der Waals surface area contributed by atoms with Crippen LogP contribution in [0.1, 0.15) is 26.3 Å². The molecule has 1 aromatic rings. The molecule has 2 N–H and O–H groups in total. The summed E-state index contributed by atoms with van der Waals surface area (Å²) < 4.78 is 6.04. The first-order valence-corrected chi connectivity index (χ1v) is 6.47. The molecule has 0 atom stereocenters. The van der Waals surface area contributed by atoms with E-state index in [1.54, 1.807) is 18.2 Å². The summed E-state index contributed by atoms with van der Waals surface area (Å²) in [6.07, 6.45) is 0. The summed E-state index contributed by atoms with van der Waals surface area (Å²) in [5.74, 6) is -0.105. The van der Waals surface area contributed by atoms with Crippen molar-refractivity contribution in [3.05, 3.63) is 28.2 Å². The van der Waals surface area contributed by atoms with Gasteiger partial charge in [-0.15, -0.1) is 0 Å². The summed E-state index contributed by atoms with van der Waals surface area (Å²) in [6, 6.07) is 5.17. The average Bonchev–Trinajstić information content (AvgIpc) is 2.20. The standard InChI is InChI=1S/C13H18BrNO3/c1-13(2,3)18-12(17)8-15-7-9-6-10(14)4-5-11(9)16/h4-6,15-16H,7-8H2,1-3H3. The van der Waals surface area contributed by atoms with Crippen LogP contribution in [-0.2, 0) is 16.1 Å². The Hall–Kier alpha value is -1.07. The highest BCUT2D eigenvalue weighted by molar-refractivity contribution is 9.10. The van der Waals surface area contributed by atoms with E-state index >= 15 is 0 Å². The van der Waals surface area contributed by atoms with Crippen LogP contribution < -0.4 is 5.32 Å². The van der Waals surface area contributed by atoms with Crippen LogP contribution in [0, 0.1) is 0 Å². The van der Waals surface area contributed by atoms with Gasteiger partial charge in [-0.3, -0.25) is 4.79 Å². The van der Waals surface area contributed by atoms with Gasteiger partial charge < -0.3 is 15.2 Å². The minimum atomic E-state index is -0.476. The zero-order valence-corrected chi connectivity index (χ0v) is 12.4. The topological polar surface area (TPSA) is 58.6 Å². The van der Waals surface area contributed by atoms with Gasteiger partial charge in [0.15, 0.2) is 0 Å². The number of carbonyl (C=O) groups is 1. The second kappa shape index (κ2) is 6.20. The second-order valence-corrected chi connectivity index (χ2v) is 5.88. The van der Waals surface area contributed by atoms with Crippen molar-refractivity contribution in [1.82, 2.24) is 5.32 Å². The maximum atomic E-state index is 11.4. The predicted octanol–water partition coefficient (Wildman–Crippen LogP) is 2.59. The van der Waals surface area contributed by atoms with Gasteiger partial charge in [0, 0.05) is 16.6 Å². The molecule has 0 saturated carbocycles. The molecule has 5 heteroatoms. The Balaban J connectivity index is 2.42. The predicted molar refractivity (Wildman–Crippen MR) is 73.4 cm³/mol. The Morgan fingerprint density at radius 3 is 2.72 bits per heavy atom. The molecule has 0 fully saturated rings. The van der Waals surface area contributed by atoms with Crippen molar-refractivity contribution in [2.75, 3.05) is 6.54 Å². The van der Waals surface area contributed by atoms with Crippen LogP contribution in [0.15, 0.2) is 22.7 Å². The number of esters is 1. The number of rotatable bonds is 4. The molecule has 1 aromatic carbocycles. The molecular weight excluding hydrogens is 298 g/mol. The Morgan fingerprint density at radius 1 is 1.44 bits per heavy atom. The van der Waals surface area contributed by atoms with Crippen molar-refractivity contribution >= 4 is 21.9 Å². The zero-order valence-electron chi connectivity index (χ0n) is 10.8. The Labute approximate surface area is 115 Å². The monoisotopic (exact) mass is 315 g/mol. The van der Waals surface area contributed by atoms with Crippen LogP contribution in [0.5, 0.6) is 5.75 Å². The minimum absolute atomic E-state index is 0.114. The van der Waals surface area contributed by atoms with E-state index in [-0.39, 0.29) is 18.3 Å². The van der Waals surface area contributed by atoms with E-state index in [2.05, 4.69) is 21.2 Å². The molecule has 18 heavy (non-hydrogen) atoms. The third kappa shape index (κ3) is 5.51. The lowest BCUT2D eigenvalue weighted by atomic mass is 10.2. The summed E-state index contributed by atoms with van der Waals surface area (Å²) >= 11 is 3.33. The van der Waals surface area contributed by atoms with Crippen LogP contribution in [-0.4, -0.2) is 23.2 Å². The number of halogens is 1. The first-order valence-electron chi connectivity index (χ1n) is 5.68. The molecule has 4 nitrogen and oxygen atoms in total. The average molecular weight is 316 g/mol. The highest BCUT2D eigenvalue weighted by Gasteiger charge is 2.15. The van der Waals surface area contributed by atoms with E-state index in [0.717, 1.165) is 10.0 Å². The first kappa shape index (κ1) is 15.0. The molecule has 0 spiro atoms. The fourth-order valence-electron chi connectivity index (χ4n) is 1.37. The first-order chi connectivity index (χ1) is 8.28. The van der Waals surface area contributed by atoms with Crippen LogP contribution in [0.25, 0.3) is 0 Å². The number of nitrogens with one attached hydrogen (secondary N) is 1. The third-order valence-corrected chi connectivity index (χ3v) is 2.54. The van der Waals surface area contributed by atoms with E-state index in [1.807, 2.05) is 20.8 Å². The molecule has 0 radical (unpaired) electrons. The lowest BCUT2D eigenvalue weighted by molar-refractivity contribution is -0.153. The second-order valence-electron chi connectivity index (χ2n) is 4.96. The van der Waals surface area contributed by atoms with Crippen molar-refractivity contribution < 1.29 is 14.6 Å². The van der Waals surface area contributed by atoms with Gasteiger partial charge in [-0.1, -0.05) is 15.9 Å². The number of aromatic hydroxyl groups is 1. The normalized spacial score (nSPS) is 11.3. The van der Waals surface area contributed by atoms with Crippen molar-refractivity contribution in [3.63, 3.8) is 0 Å². The molecule has 0 aliphatic carbocycles. The molecule has 0 aliphatic heterocycles. The van der Waals surface area contributed by atoms with Crippen LogP contribution >= 0.6 is 15.9 Å². The number of phenols is 1. The summed E-state index contributed by atoms with van der Waals surface area (Å²) in [4.78, 5) is 11.4. The molecule has 0 aliphatic rings. The van der Waals surface area contributed by atoms with Gasteiger partial charge in [0.05, 0.1) is 6.54 Å². The summed E-state index contributed by atoms with van der Waals surface area (Å²) in [5, 5.41) is 12.5. The van der Waals surface area contributed by atoms with Gasteiger partial charge in [0.25, 0.3) is 0 Å². The van der Waals surface area contributed by atoms with E-state index in [4.69, 9.17) is 4.74 Å². The zero-order chi connectivity index (χ0) is 13.8. The molecule has 100 valence electrons. The molecule has 0 amide bonds. The van der Waals surface area contributed by atoms with E-state index < -0.39 is 5.60 Å². The molecule has 0 aromatic heterocycles. The smallest absolute Gasteiger partial charge is 0.320 e. The maximum absolute atomic E-state index is 11.4. The fraction of sp³-hybridized carbons (Fsp3) is 0.462. The molecule has 1 rings (SSSR count). The van der Waals surface area contributed by atoms with E-state index in [0.29, 0.717) is 6.54 Å². The summed E-state index contributed by atoms with van der Waals surface area (Å²) in [5.41, 5.74) is 0.254. The van der Waals surface area contributed by atoms with Gasteiger partial charge in [-0.05, 0) is 39.0 Å². The van der Waals surface area contributed by atoms with Gasteiger partial charge in [0.1, 0.15) is 11.4 Å². The fourth-order valence-corrected chi connectivity index (χ4v) is 1.78. The quantitative estimate of drug-likeness (QED) is 0.838. The number of benzene rings is 1. The van der Waals surface area contributed by atoms with Crippen LogP contribution in [0.2, 0.25) is 0 Å². The molecule has 0 unspecified atom stereocenters. The molecule has 0 saturated heterocycles. The van der Waals surface area contributed by atoms with Crippen molar-refractivity contribution in [2.45, 2.75) is 32.9 Å². The number of hydrogen-bond donors (Lipinski definition) is 2. The maximum Gasteiger partial charge on any atom is 0.320 e.